The quantitative estimate of drug-likeness (QED) is 0.0441. The minimum absolute atomic E-state index is 0.308. The van der Waals surface area contributed by atoms with Crippen LogP contribution in [0.15, 0.2) is 0 Å². The lowest BCUT2D eigenvalue weighted by Crippen LogP contribution is -2.43. The predicted molar refractivity (Wildman–Crippen MR) is 395 cm³/mol. The van der Waals surface area contributed by atoms with E-state index in [2.05, 4.69) is 55.4 Å². The molecule has 0 aromatic carbocycles. The summed E-state index contributed by atoms with van der Waals surface area (Å²) < 4.78 is 26.7. The van der Waals surface area contributed by atoms with Crippen molar-refractivity contribution in [2.24, 2.45) is 29.1 Å². The molecule has 0 saturated heterocycles. The Morgan fingerprint density at radius 2 is 0.353 bits per heavy atom. The predicted octanol–water partition coefficient (Wildman–Crippen LogP) is 27.8. The van der Waals surface area contributed by atoms with Crippen molar-refractivity contribution in [2.75, 3.05) is 26.4 Å². The second-order valence-electron chi connectivity index (χ2n) is 28.1. The summed E-state index contributed by atoms with van der Waals surface area (Å²) in [4.78, 5) is 0. The van der Waals surface area contributed by atoms with Crippen LogP contribution in [0.5, 0.6) is 0 Å². The molecule has 0 fully saturated rings. The largest absolute Gasteiger partial charge is 0.486 e. The maximum Gasteiger partial charge on any atom is 0.159 e. The summed E-state index contributed by atoms with van der Waals surface area (Å²) in [6.07, 6.45) is 73.4. The molecular weight excluding hydrogens is 1120 g/mol. The van der Waals surface area contributed by atoms with E-state index in [0.717, 1.165) is 25.7 Å². The van der Waals surface area contributed by atoms with Crippen LogP contribution in [0, 0.1) is 29.1 Å². The first-order valence-corrected chi connectivity index (χ1v) is 39.7. The van der Waals surface area contributed by atoms with E-state index in [-0.39, 0.29) is 0 Å². The van der Waals surface area contributed by atoms with Crippen LogP contribution < -0.4 is 0 Å². The van der Waals surface area contributed by atoms with Gasteiger partial charge in [-0.05, 0) is 72.5 Å². The highest BCUT2D eigenvalue weighted by atomic mass is 32.1. The van der Waals surface area contributed by atoms with Crippen molar-refractivity contribution in [1.29, 1.82) is 0 Å². The van der Waals surface area contributed by atoms with Crippen molar-refractivity contribution in [3.63, 3.8) is 0 Å². The Morgan fingerprint density at radius 1 is 0.224 bits per heavy atom. The number of rotatable bonds is 68. The minimum Gasteiger partial charge on any atom is -0.486 e. The molecule has 4 unspecified atom stereocenters. The third kappa shape index (κ3) is 60.9. The van der Waals surface area contributed by atoms with Crippen LogP contribution in [0.1, 0.15) is 415 Å². The summed E-state index contributed by atoms with van der Waals surface area (Å²) in [7, 11) is 0. The van der Waals surface area contributed by atoms with Gasteiger partial charge in [-0.15, -0.1) is 0 Å². The van der Waals surface area contributed by atoms with Crippen LogP contribution in [-0.2, 0) is 18.9 Å². The van der Waals surface area contributed by atoms with E-state index in [1.54, 1.807) is 0 Å². The fraction of sp³-hybridized carbons (Fsp3) is 0.948. The van der Waals surface area contributed by atoms with Gasteiger partial charge in [0.15, 0.2) is 20.2 Å². The van der Waals surface area contributed by atoms with Crippen LogP contribution in [0.4, 0.5) is 0 Å². The minimum atomic E-state index is -0.711. The first kappa shape index (κ1) is 84.6. The van der Waals surface area contributed by atoms with Crippen LogP contribution in [-0.4, -0.2) is 46.6 Å². The third-order valence-electron chi connectivity index (χ3n) is 18.4. The van der Waals surface area contributed by atoms with E-state index in [9.17, 15) is 0 Å². The van der Waals surface area contributed by atoms with E-state index in [4.69, 9.17) is 67.8 Å². The topological polar surface area (TPSA) is 36.9 Å². The molecule has 0 heterocycles. The fourth-order valence-electron chi connectivity index (χ4n) is 12.3. The molecule has 0 aromatic heterocycles. The van der Waals surface area contributed by atoms with Gasteiger partial charge in [0.25, 0.3) is 0 Å². The van der Waals surface area contributed by atoms with Gasteiger partial charge in [-0.25, -0.2) is 0 Å². The van der Waals surface area contributed by atoms with E-state index in [0.29, 0.717) is 70.3 Å². The lowest BCUT2D eigenvalue weighted by atomic mass is 9.91. The Labute approximate surface area is 554 Å². The number of ether oxygens (including phenoxy) is 4. The van der Waals surface area contributed by atoms with E-state index >= 15 is 0 Å². The molecule has 504 valence electrons. The molecule has 0 aliphatic heterocycles. The molecule has 0 saturated carbocycles. The monoisotopic (exact) mass is 1270 g/mol. The number of thiocarbonyl (C=S) groups is 4. The summed E-state index contributed by atoms with van der Waals surface area (Å²) in [5.74, 6) is 1.86. The van der Waals surface area contributed by atoms with Gasteiger partial charge in [0.2, 0.25) is 0 Å². The first-order chi connectivity index (χ1) is 41.4. The van der Waals surface area contributed by atoms with E-state index in [1.807, 2.05) is 0 Å². The molecule has 0 spiro atoms. The fourth-order valence-corrected chi connectivity index (χ4v) is 13.7. The van der Waals surface area contributed by atoms with Gasteiger partial charge < -0.3 is 18.9 Å². The molecule has 0 bridgehead atoms. The van der Waals surface area contributed by atoms with Gasteiger partial charge >= 0.3 is 0 Å². The van der Waals surface area contributed by atoms with Crippen LogP contribution >= 0.6 is 48.9 Å². The number of hydrogen-bond donors (Lipinski definition) is 0. The highest BCUT2D eigenvalue weighted by molar-refractivity contribution is 7.80. The number of unbranched alkanes of at least 4 members (excludes halogenated alkanes) is 44. The molecule has 0 amide bonds. The average molecular weight is 1270 g/mol. The average Bonchev–Trinajstić information content (AvgIpc) is 3.50. The SMILES string of the molecule is CCCCCCCCCCCCCCC(C)CC(=S)OCC(COC(=S)CC(C)CCCCCCCCCCCCCC)(COC(=S)CC(C)CCCCCCCCCCCCCC)COC(=S)CC(C)CCCCCCCCCCCCCC. The normalized spacial score (nSPS) is 13.7. The lowest BCUT2D eigenvalue weighted by molar-refractivity contribution is -0.0171. The Hall–Kier alpha value is -0.440. The summed E-state index contributed by atoms with van der Waals surface area (Å²) in [6, 6.07) is 0. The molecule has 0 N–H and O–H groups in total. The summed E-state index contributed by atoms with van der Waals surface area (Å²) in [5, 5.41) is 2.64. The van der Waals surface area contributed by atoms with Gasteiger partial charge in [-0.1, -0.05) is 389 Å². The zero-order valence-corrected chi connectivity index (χ0v) is 61.8. The lowest BCUT2D eigenvalue weighted by Gasteiger charge is -2.34. The zero-order valence-electron chi connectivity index (χ0n) is 58.5. The highest BCUT2D eigenvalue weighted by Crippen LogP contribution is 2.28. The smallest absolute Gasteiger partial charge is 0.159 e. The molecule has 0 aliphatic carbocycles. The summed E-state index contributed by atoms with van der Waals surface area (Å²) >= 11 is 24.2. The molecule has 4 nitrogen and oxygen atoms in total. The standard InChI is InChI=1S/C77H148O4S4/c1-9-13-17-21-25-29-33-37-41-45-49-53-57-69(5)61-73(82)78-65-77(66-79-74(83)62-70(6)58-54-50-46-42-38-34-30-26-22-18-14-10-2,67-80-75(84)63-71(7)59-55-51-47-43-39-35-31-27-23-19-15-11-3)68-81-76(85)64-72(8)60-56-52-48-44-40-36-32-28-24-20-16-12-4/h69-72H,9-68H2,1-8H3. The van der Waals surface area contributed by atoms with Crippen molar-refractivity contribution in [2.45, 2.75) is 415 Å². The van der Waals surface area contributed by atoms with E-state index < -0.39 is 5.41 Å². The summed E-state index contributed by atoms with van der Waals surface area (Å²) in [5.41, 5.74) is -0.711. The van der Waals surface area contributed by atoms with Gasteiger partial charge in [0.05, 0.1) is 0 Å². The van der Waals surface area contributed by atoms with Crippen LogP contribution in [0.3, 0.4) is 0 Å². The Kier molecular flexibility index (Phi) is 64.7. The molecular formula is C77H148O4S4. The second kappa shape index (κ2) is 65.1. The van der Waals surface area contributed by atoms with Crippen LogP contribution in [0.25, 0.3) is 0 Å². The molecule has 0 radical (unpaired) electrons. The third-order valence-corrected chi connectivity index (χ3v) is 19.6. The summed E-state index contributed by atoms with van der Waals surface area (Å²) in [6.45, 7) is 19.8. The van der Waals surface area contributed by atoms with Gasteiger partial charge in [0.1, 0.15) is 31.8 Å². The number of hydrogen-bond acceptors (Lipinski definition) is 8. The second-order valence-corrected chi connectivity index (χ2v) is 29.9. The molecule has 0 aromatic rings. The van der Waals surface area contributed by atoms with Crippen molar-refractivity contribution < 1.29 is 18.9 Å². The molecule has 4 atom stereocenters. The van der Waals surface area contributed by atoms with Gasteiger partial charge in [0, 0.05) is 25.7 Å². The highest BCUT2D eigenvalue weighted by Gasteiger charge is 2.37. The van der Waals surface area contributed by atoms with Crippen molar-refractivity contribution in [3.05, 3.63) is 0 Å². The van der Waals surface area contributed by atoms with Gasteiger partial charge in [-0.3, -0.25) is 0 Å². The van der Waals surface area contributed by atoms with Gasteiger partial charge in [-0.2, -0.15) is 0 Å². The molecule has 0 rings (SSSR count). The zero-order chi connectivity index (χ0) is 62.4. The maximum absolute atomic E-state index is 6.67. The molecule has 8 heteroatoms. The molecule has 85 heavy (non-hydrogen) atoms. The Bertz CT molecular complexity index is 1240. The van der Waals surface area contributed by atoms with Crippen molar-refractivity contribution >= 4 is 69.1 Å². The van der Waals surface area contributed by atoms with Crippen LogP contribution in [0.2, 0.25) is 0 Å². The molecule has 0 aliphatic rings. The Morgan fingerprint density at radius 3 is 0.494 bits per heavy atom. The first-order valence-electron chi connectivity index (χ1n) is 38.0. The maximum atomic E-state index is 6.67. The van der Waals surface area contributed by atoms with Crippen molar-refractivity contribution in [3.8, 4) is 0 Å². The van der Waals surface area contributed by atoms with E-state index in [1.165, 1.54) is 334 Å². The Balaban J connectivity index is 5.78. The van der Waals surface area contributed by atoms with Crippen molar-refractivity contribution in [1.82, 2.24) is 0 Å².